The van der Waals surface area contributed by atoms with Crippen molar-refractivity contribution >= 4 is 29.0 Å². The largest absolute Gasteiger partial charge is 0.507 e. The van der Waals surface area contributed by atoms with Gasteiger partial charge in [-0.1, -0.05) is 23.2 Å². The minimum absolute atomic E-state index is 0.0342. The molecule has 2 aromatic carbocycles. The molecule has 2 rings (SSSR count). The molecule has 0 aliphatic rings. The number of benzene rings is 2. The van der Waals surface area contributed by atoms with Gasteiger partial charge in [-0.05, 0) is 49.2 Å². The van der Waals surface area contributed by atoms with Gasteiger partial charge in [-0.25, -0.2) is 0 Å². The van der Waals surface area contributed by atoms with E-state index in [0.717, 1.165) is 0 Å². The first-order valence-electron chi connectivity index (χ1n) is 5.84. The minimum atomic E-state index is -0.531. The summed E-state index contributed by atoms with van der Waals surface area (Å²) in [4.78, 5) is 12.5. The van der Waals surface area contributed by atoms with Gasteiger partial charge in [0.05, 0.1) is 11.1 Å². The number of hydrogen-bond acceptors (Lipinski definition) is 3. The molecule has 5 heteroatoms. The molecule has 0 saturated heterocycles. The highest BCUT2D eigenvalue weighted by Gasteiger charge is 2.20. The van der Waals surface area contributed by atoms with Crippen LogP contribution in [0.25, 0.3) is 0 Å². The topological polar surface area (TPSA) is 57.5 Å². The number of ketones is 1. The maximum absolute atomic E-state index is 12.5. The van der Waals surface area contributed by atoms with Crippen LogP contribution < -0.4 is 0 Å². The number of carbonyl (C=O) groups excluding carboxylic acids is 1. The van der Waals surface area contributed by atoms with Crippen molar-refractivity contribution in [3.05, 3.63) is 56.6 Å². The van der Waals surface area contributed by atoms with Crippen LogP contribution in [0.5, 0.6) is 11.5 Å². The predicted octanol–water partition coefficient (Wildman–Crippen LogP) is 4.25. The summed E-state index contributed by atoms with van der Waals surface area (Å²) in [6, 6.07) is 5.83. The fourth-order valence-corrected chi connectivity index (χ4v) is 2.51. The fourth-order valence-electron chi connectivity index (χ4n) is 1.96. The van der Waals surface area contributed by atoms with Gasteiger partial charge in [-0.3, -0.25) is 4.79 Å². The van der Waals surface area contributed by atoms with Crippen molar-refractivity contribution in [2.45, 2.75) is 13.8 Å². The summed E-state index contributed by atoms with van der Waals surface area (Å²) in [5, 5.41) is 20.6. The number of carbonyl (C=O) groups is 1. The van der Waals surface area contributed by atoms with Crippen molar-refractivity contribution < 1.29 is 15.0 Å². The van der Waals surface area contributed by atoms with Gasteiger partial charge in [0.1, 0.15) is 11.5 Å². The summed E-state index contributed by atoms with van der Waals surface area (Å²) < 4.78 is 0. The molecule has 0 aliphatic heterocycles. The van der Waals surface area contributed by atoms with Crippen LogP contribution in [0, 0.1) is 13.8 Å². The van der Waals surface area contributed by atoms with E-state index in [4.69, 9.17) is 23.2 Å². The number of aryl methyl sites for hydroxylation is 2. The van der Waals surface area contributed by atoms with E-state index in [-0.39, 0.29) is 22.6 Å². The standard InChI is InChI=1S/C15H12Cl2O3/c1-7-3-9(16)5-11(13(7)18)15(20)12-6-10(17)4-8(2)14(12)19/h3-6,18-19H,1-2H3. The molecule has 2 N–H and O–H groups in total. The summed E-state index contributed by atoms with van der Waals surface area (Å²) in [6.45, 7) is 3.28. The van der Waals surface area contributed by atoms with E-state index in [2.05, 4.69) is 0 Å². The van der Waals surface area contributed by atoms with Crippen molar-refractivity contribution in [3.63, 3.8) is 0 Å². The van der Waals surface area contributed by atoms with E-state index < -0.39 is 5.78 Å². The van der Waals surface area contributed by atoms with Gasteiger partial charge >= 0.3 is 0 Å². The Labute approximate surface area is 126 Å². The normalized spacial score (nSPS) is 10.6. The third-order valence-corrected chi connectivity index (χ3v) is 3.46. The second kappa shape index (κ2) is 5.35. The highest BCUT2D eigenvalue weighted by atomic mass is 35.5. The predicted molar refractivity (Wildman–Crippen MR) is 79.1 cm³/mol. The van der Waals surface area contributed by atoms with Gasteiger partial charge < -0.3 is 10.2 Å². The molecule has 0 amide bonds. The average molecular weight is 311 g/mol. The SMILES string of the molecule is Cc1cc(Cl)cc(C(=O)c2cc(Cl)cc(C)c2O)c1O. The Hall–Kier alpha value is -1.71. The van der Waals surface area contributed by atoms with E-state index in [9.17, 15) is 15.0 Å². The lowest BCUT2D eigenvalue weighted by molar-refractivity contribution is 0.103. The third-order valence-electron chi connectivity index (χ3n) is 3.02. The molecule has 3 nitrogen and oxygen atoms in total. The van der Waals surface area contributed by atoms with Crippen LogP contribution in [0.15, 0.2) is 24.3 Å². The monoisotopic (exact) mass is 310 g/mol. The van der Waals surface area contributed by atoms with Gasteiger partial charge in [0, 0.05) is 10.0 Å². The zero-order valence-electron chi connectivity index (χ0n) is 10.9. The Balaban J connectivity index is 2.64. The van der Waals surface area contributed by atoms with E-state index in [1.165, 1.54) is 12.1 Å². The number of hydrogen-bond donors (Lipinski definition) is 2. The fraction of sp³-hybridized carbons (Fsp3) is 0.133. The van der Waals surface area contributed by atoms with E-state index >= 15 is 0 Å². The lowest BCUT2D eigenvalue weighted by Gasteiger charge is -2.10. The van der Waals surface area contributed by atoms with Crippen LogP contribution in [0.3, 0.4) is 0 Å². The van der Waals surface area contributed by atoms with Crippen LogP contribution in [0.2, 0.25) is 10.0 Å². The maximum Gasteiger partial charge on any atom is 0.200 e. The Morgan fingerprint density at radius 3 is 1.55 bits per heavy atom. The third kappa shape index (κ3) is 2.60. The molecule has 0 spiro atoms. The summed E-state index contributed by atoms with van der Waals surface area (Å²) >= 11 is 11.8. The number of phenols is 2. The van der Waals surface area contributed by atoms with Gasteiger partial charge in [0.25, 0.3) is 0 Å². The van der Waals surface area contributed by atoms with Crippen molar-refractivity contribution in [1.29, 1.82) is 0 Å². The van der Waals surface area contributed by atoms with E-state index in [1.807, 2.05) is 0 Å². The molecule has 0 fully saturated rings. The molecule has 0 aromatic heterocycles. The van der Waals surface area contributed by atoms with Gasteiger partial charge in [0.2, 0.25) is 5.78 Å². The second-order valence-electron chi connectivity index (χ2n) is 4.57. The second-order valence-corrected chi connectivity index (χ2v) is 5.44. The summed E-state index contributed by atoms with van der Waals surface area (Å²) in [6.07, 6.45) is 0. The number of phenolic OH excluding ortho intramolecular Hbond substituents is 2. The molecule has 2 aromatic rings. The number of aromatic hydroxyl groups is 2. The molecular weight excluding hydrogens is 299 g/mol. The van der Waals surface area contributed by atoms with E-state index in [1.54, 1.807) is 26.0 Å². The lowest BCUT2D eigenvalue weighted by atomic mass is 9.98. The quantitative estimate of drug-likeness (QED) is 0.815. The Bertz CT molecular complexity index is 649. The summed E-state index contributed by atoms with van der Waals surface area (Å²) in [5.74, 6) is -0.843. The number of rotatable bonds is 2. The van der Waals surface area contributed by atoms with Crippen molar-refractivity contribution in [2.75, 3.05) is 0 Å². The minimum Gasteiger partial charge on any atom is -0.507 e. The first kappa shape index (κ1) is 14.7. The Morgan fingerprint density at radius 2 is 1.20 bits per heavy atom. The molecule has 104 valence electrons. The van der Waals surface area contributed by atoms with Gasteiger partial charge in [-0.15, -0.1) is 0 Å². The van der Waals surface area contributed by atoms with Crippen LogP contribution in [-0.4, -0.2) is 16.0 Å². The lowest BCUT2D eigenvalue weighted by Crippen LogP contribution is -2.04. The number of halogens is 2. The van der Waals surface area contributed by atoms with Crippen molar-refractivity contribution in [1.82, 2.24) is 0 Å². The zero-order chi connectivity index (χ0) is 15.0. The van der Waals surface area contributed by atoms with Crippen LogP contribution in [0.4, 0.5) is 0 Å². The van der Waals surface area contributed by atoms with Crippen molar-refractivity contribution in [2.24, 2.45) is 0 Å². The Morgan fingerprint density at radius 1 is 0.850 bits per heavy atom. The van der Waals surface area contributed by atoms with Crippen molar-refractivity contribution in [3.8, 4) is 11.5 Å². The molecule has 0 saturated carbocycles. The molecule has 0 aliphatic carbocycles. The molecule has 0 bridgehead atoms. The van der Waals surface area contributed by atoms with Crippen LogP contribution in [-0.2, 0) is 0 Å². The molecule has 0 atom stereocenters. The van der Waals surface area contributed by atoms with Crippen LogP contribution in [0.1, 0.15) is 27.0 Å². The smallest absolute Gasteiger partial charge is 0.200 e. The summed E-state index contributed by atoms with van der Waals surface area (Å²) in [7, 11) is 0. The first-order chi connectivity index (χ1) is 9.31. The zero-order valence-corrected chi connectivity index (χ0v) is 12.4. The molecule has 0 heterocycles. The van der Waals surface area contributed by atoms with Crippen LogP contribution >= 0.6 is 23.2 Å². The van der Waals surface area contributed by atoms with Gasteiger partial charge in [-0.2, -0.15) is 0 Å². The van der Waals surface area contributed by atoms with E-state index in [0.29, 0.717) is 21.2 Å². The molecule has 0 radical (unpaired) electrons. The molecule has 20 heavy (non-hydrogen) atoms. The molecule has 0 unspecified atom stereocenters. The molecular formula is C15H12Cl2O3. The summed E-state index contributed by atoms with van der Waals surface area (Å²) in [5.41, 5.74) is 1.04. The average Bonchev–Trinajstić information content (AvgIpc) is 2.37. The highest BCUT2D eigenvalue weighted by molar-refractivity contribution is 6.32. The Kier molecular flexibility index (Phi) is 3.93. The maximum atomic E-state index is 12.5. The van der Waals surface area contributed by atoms with Gasteiger partial charge in [0.15, 0.2) is 0 Å². The highest BCUT2D eigenvalue weighted by Crippen LogP contribution is 2.33. The first-order valence-corrected chi connectivity index (χ1v) is 6.59.